The molecule has 0 aliphatic heterocycles. The highest BCUT2D eigenvalue weighted by molar-refractivity contribution is 5.95. The van der Waals surface area contributed by atoms with E-state index in [2.05, 4.69) is 0 Å². The van der Waals surface area contributed by atoms with Crippen molar-refractivity contribution in [3.05, 3.63) is 11.6 Å². The van der Waals surface area contributed by atoms with Crippen LogP contribution in [0.1, 0.15) is 34.6 Å². The summed E-state index contributed by atoms with van der Waals surface area (Å²) in [6.45, 7) is 10.0. The number of ether oxygens (including phenoxy) is 2. The fraction of sp³-hybridized carbons (Fsp3) is 0.692. The van der Waals surface area contributed by atoms with E-state index in [1.807, 2.05) is 27.7 Å². The topological polar surface area (TPSA) is 52.6 Å². The standard InChI is InChI=1S/C13H22O4/c1-9(2)7-16-12(14)6-11(5)13(15)17-8-10(3)4/h6,9-10H,7-8H2,1-5H3. The predicted octanol–water partition coefficient (Wildman–Crippen LogP) is 2.33. The summed E-state index contributed by atoms with van der Waals surface area (Å²) in [4.78, 5) is 22.7. The maximum atomic E-state index is 11.4. The van der Waals surface area contributed by atoms with Crippen LogP contribution in [0, 0.1) is 11.8 Å². The summed E-state index contributed by atoms with van der Waals surface area (Å²) in [5.41, 5.74) is 0.263. The van der Waals surface area contributed by atoms with Crippen molar-refractivity contribution < 1.29 is 19.1 Å². The van der Waals surface area contributed by atoms with E-state index in [0.29, 0.717) is 13.2 Å². The van der Waals surface area contributed by atoms with Gasteiger partial charge in [-0.2, -0.15) is 0 Å². The first-order valence-corrected chi connectivity index (χ1v) is 5.85. The van der Waals surface area contributed by atoms with Crippen LogP contribution in [0.3, 0.4) is 0 Å². The molecule has 0 aromatic rings. The van der Waals surface area contributed by atoms with Crippen molar-refractivity contribution in [2.45, 2.75) is 34.6 Å². The monoisotopic (exact) mass is 242 g/mol. The molecular weight excluding hydrogens is 220 g/mol. The maximum absolute atomic E-state index is 11.4. The molecule has 0 bridgehead atoms. The minimum Gasteiger partial charge on any atom is -0.462 e. The second-order valence-electron chi connectivity index (χ2n) is 4.84. The van der Waals surface area contributed by atoms with Gasteiger partial charge in [-0.05, 0) is 18.8 Å². The zero-order valence-electron chi connectivity index (χ0n) is 11.3. The van der Waals surface area contributed by atoms with E-state index < -0.39 is 11.9 Å². The van der Waals surface area contributed by atoms with Gasteiger partial charge in [0.05, 0.1) is 13.2 Å². The molecule has 98 valence electrons. The van der Waals surface area contributed by atoms with Gasteiger partial charge < -0.3 is 9.47 Å². The fourth-order valence-electron chi connectivity index (χ4n) is 0.882. The Morgan fingerprint density at radius 2 is 1.47 bits per heavy atom. The Hall–Kier alpha value is -1.32. The Balaban J connectivity index is 4.14. The smallest absolute Gasteiger partial charge is 0.333 e. The molecule has 0 atom stereocenters. The molecule has 0 fully saturated rings. The lowest BCUT2D eigenvalue weighted by molar-refractivity contribution is -0.142. The van der Waals surface area contributed by atoms with Gasteiger partial charge in [-0.1, -0.05) is 27.7 Å². The van der Waals surface area contributed by atoms with Gasteiger partial charge >= 0.3 is 11.9 Å². The summed E-state index contributed by atoms with van der Waals surface area (Å²) in [5.74, 6) is -0.418. The molecule has 0 N–H and O–H groups in total. The van der Waals surface area contributed by atoms with Crippen molar-refractivity contribution >= 4 is 11.9 Å². The molecule has 0 amide bonds. The van der Waals surface area contributed by atoms with E-state index in [0.717, 1.165) is 0 Å². The molecule has 0 aromatic heterocycles. The van der Waals surface area contributed by atoms with Gasteiger partial charge in [0.25, 0.3) is 0 Å². The van der Waals surface area contributed by atoms with Crippen LogP contribution in [0.4, 0.5) is 0 Å². The predicted molar refractivity (Wildman–Crippen MR) is 65.4 cm³/mol. The molecule has 4 heteroatoms. The van der Waals surface area contributed by atoms with Gasteiger partial charge in [0.2, 0.25) is 0 Å². The Morgan fingerprint density at radius 1 is 1.00 bits per heavy atom. The SMILES string of the molecule is CC(=CC(=O)OCC(C)C)C(=O)OCC(C)C. The molecule has 0 radical (unpaired) electrons. The average molecular weight is 242 g/mol. The Labute approximate surface area is 103 Å². The van der Waals surface area contributed by atoms with Crippen molar-refractivity contribution in [2.24, 2.45) is 11.8 Å². The highest BCUT2D eigenvalue weighted by atomic mass is 16.5. The third-order valence-electron chi connectivity index (χ3n) is 1.76. The van der Waals surface area contributed by atoms with Crippen LogP contribution in [0.2, 0.25) is 0 Å². The lowest BCUT2D eigenvalue weighted by Gasteiger charge is -2.07. The molecule has 4 nitrogen and oxygen atoms in total. The van der Waals surface area contributed by atoms with Gasteiger partial charge in [-0.3, -0.25) is 0 Å². The van der Waals surface area contributed by atoms with Crippen LogP contribution in [-0.2, 0) is 19.1 Å². The van der Waals surface area contributed by atoms with Crippen molar-refractivity contribution in [3.63, 3.8) is 0 Å². The van der Waals surface area contributed by atoms with Crippen LogP contribution in [-0.4, -0.2) is 25.2 Å². The first-order chi connectivity index (χ1) is 7.82. The van der Waals surface area contributed by atoms with Crippen LogP contribution >= 0.6 is 0 Å². The van der Waals surface area contributed by atoms with Crippen LogP contribution in [0.15, 0.2) is 11.6 Å². The van der Waals surface area contributed by atoms with Crippen molar-refractivity contribution in [1.82, 2.24) is 0 Å². The van der Waals surface area contributed by atoms with Crippen LogP contribution in [0.5, 0.6) is 0 Å². The summed E-state index contributed by atoms with van der Waals surface area (Å²) >= 11 is 0. The zero-order chi connectivity index (χ0) is 13.4. The van der Waals surface area contributed by atoms with E-state index >= 15 is 0 Å². The lowest BCUT2D eigenvalue weighted by Crippen LogP contribution is -2.13. The van der Waals surface area contributed by atoms with E-state index in [4.69, 9.17) is 9.47 Å². The number of rotatable bonds is 6. The molecule has 17 heavy (non-hydrogen) atoms. The summed E-state index contributed by atoms with van der Waals surface area (Å²) in [6, 6.07) is 0. The third-order valence-corrected chi connectivity index (χ3v) is 1.76. The van der Waals surface area contributed by atoms with E-state index in [1.54, 1.807) is 6.92 Å². The van der Waals surface area contributed by atoms with E-state index in [1.165, 1.54) is 6.08 Å². The molecular formula is C13H22O4. The van der Waals surface area contributed by atoms with Crippen molar-refractivity contribution in [3.8, 4) is 0 Å². The van der Waals surface area contributed by atoms with Gasteiger partial charge in [0.15, 0.2) is 0 Å². The minimum atomic E-state index is -0.502. The summed E-state index contributed by atoms with van der Waals surface area (Å²) in [7, 11) is 0. The number of carbonyl (C=O) groups excluding carboxylic acids is 2. The first kappa shape index (κ1) is 15.7. The van der Waals surface area contributed by atoms with E-state index in [9.17, 15) is 9.59 Å². The molecule has 0 aliphatic carbocycles. The van der Waals surface area contributed by atoms with Gasteiger partial charge in [0, 0.05) is 11.6 Å². The Morgan fingerprint density at radius 3 is 1.94 bits per heavy atom. The summed E-state index contributed by atoms with van der Waals surface area (Å²) in [5, 5.41) is 0. The maximum Gasteiger partial charge on any atom is 0.333 e. The molecule has 0 unspecified atom stereocenters. The van der Waals surface area contributed by atoms with Crippen molar-refractivity contribution in [1.29, 1.82) is 0 Å². The number of hydrogen-bond donors (Lipinski definition) is 0. The molecule has 0 saturated heterocycles. The van der Waals surface area contributed by atoms with E-state index in [-0.39, 0.29) is 17.4 Å². The number of esters is 2. The quantitative estimate of drug-likeness (QED) is 0.530. The third kappa shape index (κ3) is 8.48. The highest BCUT2D eigenvalue weighted by Gasteiger charge is 2.10. The summed E-state index contributed by atoms with van der Waals surface area (Å²) in [6.07, 6.45) is 1.17. The zero-order valence-corrected chi connectivity index (χ0v) is 11.3. The normalized spacial score (nSPS) is 11.8. The van der Waals surface area contributed by atoms with Crippen LogP contribution < -0.4 is 0 Å². The molecule has 0 saturated carbocycles. The van der Waals surface area contributed by atoms with Gasteiger partial charge in [-0.15, -0.1) is 0 Å². The minimum absolute atomic E-state index is 0.263. The van der Waals surface area contributed by atoms with Crippen molar-refractivity contribution in [2.75, 3.05) is 13.2 Å². The molecule has 0 rings (SSSR count). The van der Waals surface area contributed by atoms with Gasteiger partial charge in [-0.25, -0.2) is 9.59 Å². The second-order valence-corrected chi connectivity index (χ2v) is 4.84. The highest BCUT2D eigenvalue weighted by Crippen LogP contribution is 2.02. The Bertz CT molecular complexity index is 290. The van der Waals surface area contributed by atoms with Crippen LogP contribution in [0.25, 0.3) is 0 Å². The second kappa shape index (κ2) is 7.87. The lowest BCUT2D eigenvalue weighted by atomic mass is 10.2. The number of carbonyl (C=O) groups is 2. The van der Waals surface area contributed by atoms with Gasteiger partial charge in [0.1, 0.15) is 0 Å². The number of hydrogen-bond acceptors (Lipinski definition) is 4. The molecule has 0 heterocycles. The first-order valence-electron chi connectivity index (χ1n) is 5.85. The largest absolute Gasteiger partial charge is 0.462 e. The summed E-state index contributed by atoms with van der Waals surface area (Å²) < 4.78 is 9.90. The molecule has 0 aromatic carbocycles. The molecule has 0 spiro atoms. The average Bonchev–Trinajstić information content (AvgIpc) is 2.22. The molecule has 0 aliphatic rings. The fourth-order valence-corrected chi connectivity index (χ4v) is 0.882. The Kier molecular flexibility index (Phi) is 7.26.